The molecule has 0 amide bonds. The maximum Gasteiger partial charge on any atom is 0.341 e. The van der Waals surface area contributed by atoms with Crippen LogP contribution < -0.4 is 15.2 Å². The molecule has 0 saturated heterocycles. The predicted molar refractivity (Wildman–Crippen MR) is 77.8 cm³/mol. The first-order chi connectivity index (χ1) is 9.96. The van der Waals surface area contributed by atoms with Crippen molar-refractivity contribution in [2.45, 2.75) is 17.7 Å². The zero-order chi connectivity index (χ0) is 15.9. The molecule has 1 aromatic rings. The van der Waals surface area contributed by atoms with Gasteiger partial charge in [0.05, 0.1) is 19.1 Å². The van der Waals surface area contributed by atoms with Crippen LogP contribution in [0.2, 0.25) is 0 Å². The molecule has 0 fully saturated rings. The quantitative estimate of drug-likeness (QED) is 0.534. The van der Waals surface area contributed by atoms with E-state index in [4.69, 9.17) is 10.5 Å². The molecule has 0 radical (unpaired) electrons. The van der Waals surface area contributed by atoms with Crippen molar-refractivity contribution in [2.24, 2.45) is 5.73 Å². The van der Waals surface area contributed by atoms with Crippen LogP contribution in [0.4, 0.5) is 0 Å². The second-order valence-corrected chi connectivity index (χ2v) is 6.01. The lowest BCUT2D eigenvalue weighted by molar-refractivity contribution is 0.0597. The zero-order valence-electron chi connectivity index (χ0n) is 12.1. The van der Waals surface area contributed by atoms with Crippen molar-refractivity contribution in [3.63, 3.8) is 0 Å². The molecule has 0 heterocycles. The topological polar surface area (TPSA) is 108 Å². The normalized spacial score (nSPS) is 11.2. The number of nitrogens with one attached hydrogen (secondary N) is 1. The third-order valence-corrected chi connectivity index (χ3v) is 4.27. The Kier molecular flexibility index (Phi) is 6.60. The summed E-state index contributed by atoms with van der Waals surface area (Å²) < 4.78 is 36.3. The largest absolute Gasteiger partial charge is 0.496 e. The third kappa shape index (κ3) is 4.69. The van der Waals surface area contributed by atoms with Crippen LogP contribution in [0.15, 0.2) is 23.1 Å². The Labute approximate surface area is 124 Å². The summed E-state index contributed by atoms with van der Waals surface area (Å²) in [5.74, 6) is -0.446. The zero-order valence-corrected chi connectivity index (χ0v) is 12.9. The molecule has 0 atom stereocenters. The van der Waals surface area contributed by atoms with Crippen LogP contribution in [0.5, 0.6) is 5.75 Å². The summed E-state index contributed by atoms with van der Waals surface area (Å²) in [6.07, 6.45) is 1.40. The number of rotatable bonds is 8. The molecule has 0 unspecified atom stereocenters. The first-order valence-corrected chi connectivity index (χ1v) is 7.90. The number of esters is 1. The van der Waals surface area contributed by atoms with Crippen LogP contribution in [-0.2, 0) is 14.8 Å². The van der Waals surface area contributed by atoms with Crippen molar-refractivity contribution in [3.05, 3.63) is 23.8 Å². The number of hydrogen-bond donors (Lipinski definition) is 2. The highest BCUT2D eigenvalue weighted by atomic mass is 32.2. The molecule has 0 spiro atoms. The molecule has 0 aliphatic carbocycles. The lowest BCUT2D eigenvalue weighted by atomic mass is 10.2. The van der Waals surface area contributed by atoms with Crippen LogP contribution in [0, 0.1) is 0 Å². The second kappa shape index (κ2) is 7.96. The van der Waals surface area contributed by atoms with Gasteiger partial charge in [0.25, 0.3) is 0 Å². The summed E-state index contributed by atoms with van der Waals surface area (Å²) in [7, 11) is -1.05. The van der Waals surface area contributed by atoms with E-state index in [2.05, 4.69) is 9.46 Å². The molecule has 1 aromatic carbocycles. The third-order valence-electron chi connectivity index (χ3n) is 2.81. The molecular weight excluding hydrogens is 296 g/mol. The summed E-state index contributed by atoms with van der Waals surface area (Å²) in [6, 6.07) is 3.98. The Morgan fingerprint density at radius 1 is 1.29 bits per heavy atom. The maximum atomic E-state index is 12.1. The number of benzene rings is 1. The summed E-state index contributed by atoms with van der Waals surface area (Å²) >= 11 is 0. The van der Waals surface area contributed by atoms with Crippen molar-refractivity contribution in [2.75, 3.05) is 27.3 Å². The highest BCUT2D eigenvalue weighted by molar-refractivity contribution is 7.89. The fourth-order valence-electron chi connectivity index (χ4n) is 1.68. The van der Waals surface area contributed by atoms with Gasteiger partial charge in [0.1, 0.15) is 11.3 Å². The van der Waals surface area contributed by atoms with Gasteiger partial charge in [-0.3, -0.25) is 0 Å². The number of unbranched alkanes of at least 4 members (excludes halogenated alkanes) is 1. The van der Waals surface area contributed by atoms with Crippen LogP contribution in [-0.4, -0.2) is 41.7 Å². The molecule has 3 N–H and O–H groups in total. The standard InChI is InChI=1S/C13H20N2O5S/c1-19-12-9-10(5-6-11(12)13(16)20-2)21(17,18)15-8-4-3-7-14/h5-6,9,15H,3-4,7-8,14H2,1-2H3. The summed E-state index contributed by atoms with van der Waals surface area (Å²) in [6.45, 7) is 0.823. The predicted octanol–water partition coefficient (Wildman–Crippen LogP) is 0.499. The molecule has 0 saturated carbocycles. The molecule has 118 valence electrons. The number of ether oxygens (including phenoxy) is 2. The van der Waals surface area contributed by atoms with Gasteiger partial charge in [-0.25, -0.2) is 17.9 Å². The number of carbonyl (C=O) groups is 1. The average molecular weight is 316 g/mol. The van der Waals surface area contributed by atoms with E-state index in [1.54, 1.807) is 0 Å². The van der Waals surface area contributed by atoms with Crippen molar-refractivity contribution in [1.29, 1.82) is 0 Å². The smallest absolute Gasteiger partial charge is 0.341 e. The molecule has 0 bridgehead atoms. The minimum absolute atomic E-state index is 0.0275. The molecule has 0 aliphatic rings. The Bertz CT molecular complexity index is 586. The van der Waals surface area contributed by atoms with Crippen LogP contribution in [0.25, 0.3) is 0 Å². The van der Waals surface area contributed by atoms with Crippen molar-refractivity contribution < 1.29 is 22.7 Å². The minimum atomic E-state index is -3.65. The Hall–Kier alpha value is -1.64. The van der Waals surface area contributed by atoms with E-state index in [9.17, 15) is 13.2 Å². The average Bonchev–Trinajstić information content (AvgIpc) is 2.50. The molecular formula is C13H20N2O5S. The maximum absolute atomic E-state index is 12.1. The van der Waals surface area contributed by atoms with E-state index in [-0.39, 0.29) is 16.2 Å². The fraction of sp³-hybridized carbons (Fsp3) is 0.462. The lowest BCUT2D eigenvalue weighted by Crippen LogP contribution is -2.25. The first kappa shape index (κ1) is 17.4. The summed E-state index contributed by atoms with van der Waals surface area (Å²) in [4.78, 5) is 11.5. The van der Waals surface area contributed by atoms with Gasteiger partial charge in [0.2, 0.25) is 10.0 Å². The van der Waals surface area contributed by atoms with Crippen molar-refractivity contribution >= 4 is 16.0 Å². The van der Waals surface area contributed by atoms with E-state index in [1.807, 2.05) is 0 Å². The van der Waals surface area contributed by atoms with Crippen molar-refractivity contribution in [1.82, 2.24) is 4.72 Å². The number of methoxy groups -OCH3 is 2. The Morgan fingerprint density at radius 2 is 2.00 bits per heavy atom. The molecule has 21 heavy (non-hydrogen) atoms. The highest BCUT2D eigenvalue weighted by Gasteiger charge is 2.19. The van der Waals surface area contributed by atoms with Gasteiger partial charge >= 0.3 is 5.97 Å². The first-order valence-electron chi connectivity index (χ1n) is 6.42. The van der Waals surface area contributed by atoms with E-state index >= 15 is 0 Å². The molecule has 0 aliphatic heterocycles. The van der Waals surface area contributed by atoms with E-state index in [0.29, 0.717) is 19.5 Å². The second-order valence-electron chi connectivity index (χ2n) is 4.25. The van der Waals surface area contributed by atoms with E-state index in [1.165, 1.54) is 32.4 Å². The Balaban J connectivity index is 2.95. The van der Waals surface area contributed by atoms with Gasteiger partial charge < -0.3 is 15.2 Å². The van der Waals surface area contributed by atoms with Gasteiger partial charge in [-0.2, -0.15) is 0 Å². The number of hydrogen-bond acceptors (Lipinski definition) is 6. The number of sulfonamides is 1. The minimum Gasteiger partial charge on any atom is -0.496 e. The van der Waals surface area contributed by atoms with Gasteiger partial charge in [-0.05, 0) is 31.5 Å². The van der Waals surface area contributed by atoms with Crippen LogP contribution in [0.3, 0.4) is 0 Å². The van der Waals surface area contributed by atoms with Crippen LogP contribution >= 0.6 is 0 Å². The fourth-order valence-corrected chi connectivity index (χ4v) is 2.77. The highest BCUT2D eigenvalue weighted by Crippen LogP contribution is 2.23. The van der Waals surface area contributed by atoms with Gasteiger partial charge in [-0.15, -0.1) is 0 Å². The SMILES string of the molecule is COC(=O)c1ccc(S(=O)(=O)NCCCCN)cc1OC. The number of nitrogens with two attached hydrogens (primary N) is 1. The van der Waals surface area contributed by atoms with E-state index in [0.717, 1.165) is 6.42 Å². The monoisotopic (exact) mass is 316 g/mol. The van der Waals surface area contributed by atoms with Crippen molar-refractivity contribution in [3.8, 4) is 5.75 Å². The Morgan fingerprint density at radius 3 is 2.57 bits per heavy atom. The van der Waals surface area contributed by atoms with E-state index < -0.39 is 16.0 Å². The number of carbonyl (C=O) groups excluding carboxylic acids is 1. The van der Waals surface area contributed by atoms with Gasteiger partial charge in [-0.1, -0.05) is 0 Å². The van der Waals surface area contributed by atoms with Gasteiger partial charge in [0, 0.05) is 12.6 Å². The molecule has 1 rings (SSSR count). The lowest BCUT2D eigenvalue weighted by Gasteiger charge is -2.10. The molecule has 8 heteroatoms. The van der Waals surface area contributed by atoms with Gasteiger partial charge in [0.15, 0.2) is 0 Å². The molecule has 0 aromatic heterocycles. The summed E-state index contributed by atoms with van der Waals surface area (Å²) in [5, 5.41) is 0. The van der Waals surface area contributed by atoms with Crippen LogP contribution in [0.1, 0.15) is 23.2 Å². The summed E-state index contributed by atoms with van der Waals surface area (Å²) in [5.41, 5.74) is 5.52. The molecule has 7 nitrogen and oxygen atoms in total.